The van der Waals surface area contributed by atoms with Gasteiger partial charge in [-0.3, -0.25) is 0 Å². The number of hydrogen-bond donors (Lipinski definition) is 0. The molecule has 0 saturated carbocycles. The summed E-state index contributed by atoms with van der Waals surface area (Å²) in [6, 6.07) is 0. The van der Waals surface area contributed by atoms with Gasteiger partial charge in [-0.1, -0.05) is 40.5 Å². The maximum Gasteiger partial charge on any atom is 0.0388 e. The lowest BCUT2D eigenvalue weighted by atomic mass is 10.1. The molecule has 0 aromatic rings. The molecule has 0 bridgehead atoms. The predicted molar refractivity (Wildman–Crippen MR) is 53.7 cm³/mol. The van der Waals surface area contributed by atoms with E-state index in [9.17, 15) is 0 Å². The fourth-order valence-electron chi connectivity index (χ4n) is 0.593. The highest BCUT2D eigenvalue weighted by molar-refractivity contribution is 8.76. The summed E-state index contributed by atoms with van der Waals surface area (Å²) in [4.78, 5) is 2.74. The van der Waals surface area contributed by atoms with Crippen LogP contribution in [0.4, 0.5) is 0 Å². The Morgan fingerprint density at radius 1 is 1.55 bits per heavy atom. The van der Waals surface area contributed by atoms with Gasteiger partial charge in [-0.15, -0.1) is 0 Å². The lowest BCUT2D eigenvalue weighted by Gasteiger charge is -2.15. The zero-order valence-corrected chi connectivity index (χ0v) is 8.65. The van der Waals surface area contributed by atoms with Crippen LogP contribution >= 0.6 is 21.6 Å². The standard InChI is InChI=1S/C6H13N3S2/c1-5(2)6(11-10-3)4-8-9-7/h5-6H,4H2,1-3H3/t6-/m0/s1. The number of hydrogen-bond acceptors (Lipinski definition) is 3. The summed E-state index contributed by atoms with van der Waals surface area (Å²) < 4.78 is 0. The Morgan fingerprint density at radius 3 is 2.55 bits per heavy atom. The van der Waals surface area contributed by atoms with Gasteiger partial charge in [0.2, 0.25) is 0 Å². The topological polar surface area (TPSA) is 48.8 Å². The number of rotatable bonds is 5. The highest BCUT2D eigenvalue weighted by Crippen LogP contribution is 2.28. The zero-order chi connectivity index (χ0) is 8.69. The second kappa shape index (κ2) is 6.70. The lowest BCUT2D eigenvalue weighted by Crippen LogP contribution is -2.13. The van der Waals surface area contributed by atoms with Gasteiger partial charge in [0, 0.05) is 16.7 Å². The first-order chi connectivity index (χ1) is 5.22. The van der Waals surface area contributed by atoms with Crippen LogP contribution in [-0.2, 0) is 0 Å². The highest BCUT2D eigenvalue weighted by atomic mass is 33.1. The Labute approximate surface area is 75.3 Å². The minimum Gasteiger partial charge on any atom is -0.0973 e. The fraction of sp³-hybridized carbons (Fsp3) is 1.00. The van der Waals surface area contributed by atoms with Gasteiger partial charge in [-0.2, -0.15) is 0 Å². The number of nitrogens with zero attached hydrogens (tertiary/aromatic N) is 3. The van der Waals surface area contributed by atoms with Crippen LogP contribution < -0.4 is 0 Å². The van der Waals surface area contributed by atoms with Crippen LogP contribution in [0.3, 0.4) is 0 Å². The van der Waals surface area contributed by atoms with E-state index in [1.54, 1.807) is 21.6 Å². The average Bonchev–Trinajstić information content (AvgIpc) is 1.97. The molecule has 0 rings (SSSR count). The molecule has 0 amide bonds. The Hall–Kier alpha value is 0.01000. The minimum absolute atomic E-state index is 0.445. The van der Waals surface area contributed by atoms with Gasteiger partial charge in [0.25, 0.3) is 0 Å². The molecule has 0 radical (unpaired) electrons. The van der Waals surface area contributed by atoms with Gasteiger partial charge >= 0.3 is 0 Å². The van der Waals surface area contributed by atoms with Gasteiger partial charge in [0.05, 0.1) is 0 Å². The molecule has 0 N–H and O–H groups in total. The molecule has 0 aliphatic rings. The Morgan fingerprint density at radius 2 is 2.18 bits per heavy atom. The molecule has 64 valence electrons. The quantitative estimate of drug-likeness (QED) is 0.289. The first-order valence-corrected chi connectivity index (χ1v) is 6.04. The SMILES string of the molecule is CSS[C@@H](CN=[N+]=[N-])C(C)C. The molecule has 0 saturated heterocycles. The average molecular weight is 191 g/mol. The van der Waals surface area contributed by atoms with Crippen molar-refractivity contribution in [1.82, 2.24) is 0 Å². The summed E-state index contributed by atoms with van der Waals surface area (Å²) >= 11 is 0. The van der Waals surface area contributed by atoms with Crippen LogP contribution in [0.5, 0.6) is 0 Å². The van der Waals surface area contributed by atoms with E-state index in [2.05, 4.69) is 23.9 Å². The molecule has 3 nitrogen and oxygen atoms in total. The molecule has 0 heterocycles. The third kappa shape index (κ3) is 5.30. The lowest BCUT2D eigenvalue weighted by molar-refractivity contribution is 0.615. The maximum atomic E-state index is 8.11. The summed E-state index contributed by atoms with van der Waals surface area (Å²) in [6.07, 6.45) is 2.04. The van der Waals surface area contributed by atoms with E-state index < -0.39 is 0 Å². The van der Waals surface area contributed by atoms with E-state index in [0.717, 1.165) is 0 Å². The van der Waals surface area contributed by atoms with Crippen molar-refractivity contribution in [3.63, 3.8) is 0 Å². The monoisotopic (exact) mass is 191 g/mol. The molecular weight excluding hydrogens is 178 g/mol. The summed E-state index contributed by atoms with van der Waals surface area (Å²) in [5.74, 6) is 0.568. The van der Waals surface area contributed by atoms with Crippen LogP contribution in [0, 0.1) is 5.92 Å². The molecule has 0 aliphatic heterocycles. The molecule has 0 aromatic heterocycles. The van der Waals surface area contributed by atoms with Gasteiger partial charge in [0.15, 0.2) is 0 Å². The maximum absolute atomic E-state index is 8.11. The molecule has 1 atom stereocenters. The van der Waals surface area contributed by atoms with Gasteiger partial charge in [-0.25, -0.2) is 0 Å². The van der Waals surface area contributed by atoms with E-state index in [0.29, 0.717) is 17.7 Å². The molecule has 0 aromatic carbocycles. The largest absolute Gasteiger partial charge is 0.0973 e. The number of azide groups is 1. The van der Waals surface area contributed by atoms with Crippen LogP contribution in [0.15, 0.2) is 5.11 Å². The summed E-state index contributed by atoms with van der Waals surface area (Å²) in [7, 11) is 3.50. The van der Waals surface area contributed by atoms with Crippen LogP contribution in [0.2, 0.25) is 0 Å². The van der Waals surface area contributed by atoms with Gasteiger partial charge in [0.1, 0.15) is 0 Å². The molecular formula is C6H13N3S2. The predicted octanol–water partition coefficient (Wildman–Crippen LogP) is 3.33. The van der Waals surface area contributed by atoms with Gasteiger partial charge < -0.3 is 0 Å². The first kappa shape index (κ1) is 11.0. The van der Waals surface area contributed by atoms with E-state index in [-0.39, 0.29) is 0 Å². The third-order valence-corrected chi connectivity index (χ3v) is 3.74. The third-order valence-electron chi connectivity index (χ3n) is 1.29. The van der Waals surface area contributed by atoms with Crippen molar-refractivity contribution in [2.75, 3.05) is 12.8 Å². The molecule has 0 aliphatic carbocycles. The van der Waals surface area contributed by atoms with Crippen molar-refractivity contribution in [3.05, 3.63) is 10.4 Å². The molecule has 0 unspecified atom stereocenters. The minimum atomic E-state index is 0.445. The Balaban J connectivity index is 3.78. The van der Waals surface area contributed by atoms with Crippen molar-refractivity contribution in [2.24, 2.45) is 11.0 Å². The Bertz CT molecular complexity index is 143. The van der Waals surface area contributed by atoms with Crippen molar-refractivity contribution in [1.29, 1.82) is 0 Å². The summed E-state index contributed by atoms with van der Waals surface area (Å²) in [6.45, 7) is 4.88. The van der Waals surface area contributed by atoms with E-state index >= 15 is 0 Å². The van der Waals surface area contributed by atoms with E-state index in [4.69, 9.17) is 5.53 Å². The molecule has 5 heteroatoms. The van der Waals surface area contributed by atoms with Crippen molar-refractivity contribution in [3.8, 4) is 0 Å². The van der Waals surface area contributed by atoms with Crippen LogP contribution in [0.1, 0.15) is 13.8 Å². The highest BCUT2D eigenvalue weighted by Gasteiger charge is 2.11. The van der Waals surface area contributed by atoms with Crippen molar-refractivity contribution >= 4 is 21.6 Å². The van der Waals surface area contributed by atoms with Crippen LogP contribution in [-0.4, -0.2) is 18.1 Å². The fourth-order valence-corrected chi connectivity index (χ4v) is 2.78. The summed E-state index contributed by atoms with van der Waals surface area (Å²) in [5, 5.41) is 4.00. The normalized spacial score (nSPS) is 12.7. The second-order valence-electron chi connectivity index (χ2n) is 2.46. The summed E-state index contributed by atoms with van der Waals surface area (Å²) in [5.41, 5.74) is 8.11. The van der Waals surface area contributed by atoms with Crippen molar-refractivity contribution < 1.29 is 0 Å². The first-order valence-electron chi connectivity index (χ1n) is 3.42. The van der Waals surface area contributed by atoms with E-state index in [1.165, 1.54) is 0 Å². The van der Waals surface area contributed by atoms with Gasteiger partial charge in [-0.05, 0) is 17.7 Å². The zero-order valence-electron chi connectivity index (χ0n) is 7.02. The molecule has 0 fully saturated rings. The molecule has 0 spiro atoms. The second-order valence-corrected chi connectivity index (χ2v) is 5.17. The van der Waals surface area contributed by atoms with E-state index in [1.807, 2.05) is 6.26 Å². The Kier molecular flexibility index (Phi) is 6.71. The van der Waals surface area contributed by atoms with Crippen LogP contribution in [0.25, 0.3) is 10.4 Å². The molecule has 11 heavy (non-hydrogen) atoms. The van der Waals surface area contributed by atoms with Crippen molar-refractivity contribution in [2.45, 2.75) is 19.1 Å². The smallest absolute Gasteiger partial charge is 0.0388 e.